The van der Waals surface area contributed by atoms with Crippen LogP contribution in [0.3, 0.4) is 0 Å². The van der Waals surface area contributed by atoms with Crippen LogP contribution in [0.25, 0.3) is 0 Å². The van der Waals surface area contributed by atoms with Crippen LogP contribution < -0.4 is 0 Å². The van der Waals surface area contributed by atoms with Gasteiger partial charge >= 0.3 is 5.97 Å². The molecule has 0 spiro atoms. The quantitative estimate of drug-likeness (QED) is 0.592. The molecule has 0 aliphatic carbocycles. The molecular weight excluding hydrogens is 297 g/mol. The van der Waals surface area contributed by atoms with E-state index in [1.54, 1.807) is 0 Å². The van der Waals surface area contributed by atoms with E-state index >= 15 is 0 Å². The summed E-state index contributed by atoms with van der Waals surface area (Å²) in [7, 11) is 0.745. The van der Waals surface area contributed by atoms with Gasteiger partial charge in [0.2, 0.25) is 5.91 Å². The average molecular weight is 317 g/mol. The SMILES string of the molecule is CPCCC(=O)CC1C(=O)N2C1SC(C)(C)C2C(=O)O. The summed E-state index contributed by atoms with van der Waals surface area (Å²) < 4.78 is -0.505. The number of carbonyl (C=O) groups is 3. The zero-order valence-corrected chi connectivity index (χ0v) is 13.7. The minimum Gasteiger partial charge on any atom is -0.480 e. The van der Waals surface area contributed by atoms with E-state index < -0.39 is 16.8 Å². The summed E-state index contributed by atoms with van der Waals surface area (Å²) in [5.74, 6) is -1.34. The molecule has 2 fully saturated rings. The molecule has 0 bridgehead atoms. The number of fused-ring (bicyclic) bond motifs is 1. The van der Waals surface area contributed by atoms with Gasteiger partial charge in [-0.25, -0.2) is 4.79 Å². The van der Waals surface area contributed by atoms with Crippen molar-refractivity contribution >= 4 is 38.0 Å². The summed E-state index contributed by atoms with van der Waals surface area (Å²) in [5.41, 5.74) is 0. The Balaban J connectivity index is 2.03. The van der Waals surface area contributed by atoms with Crippen molar-refractivity contribution in [3.05, 3.63) is 0 Å². The van der Waals surface area contributed by atoms with Crippen molar-refractivity contribution in [1.29, 1.82) is 0 Å². The van der Waals surface area contributed by atoms with E-state index in [0.29, 0.717) is 6.42 Å². The van der Waals surface area contributed by atoms with E-state index in [2.05, 4.69) is 6.66 Å². The molecule has 4 atom stereocenters. The molecule has 5 nitrogen and oxygen atoms in total. The molecule has 0 aromatic heterocycles. The summed E-state index contributed by atoms with van der Waals surface area (Å²) >= 11 is 1.51. The van der Waals surface area contributed by atoms with Crippen LogP contribution in [-0.4, -0.2) is 56.7 Å². The zero-order valence-electron chi connectivity index (χ0n) is 11.9. The average Bonchev–Trinajstić information content (AvgIpc) is 2.62. The molecule has 2 aliphatic heterocycles. The van der Waals surface area contributed by atoms with Crippen molar-refractivity contribution < 1.29 is 19.5 Å². The summed E-state index contributed by atoms with van der Waals surface area (Å²) in [6.07, 6.45) is 1.67. The lowest BCUT2D eigenvalue weighted by Gasteiger charge is -2.43. The number of ketones is 1. The Kier molecular flexibility index (Phi) is 4.45. The van der Waals surface area contributed by atoms with Crippen LogP contribution in [-0.2, 0) is 14.4 Å². The Hall–Kier alpha value is -0.610. The molecule has 112 valence electrons. The Bertz CT molecular complexity index is 454. The minimum atomic E-state index is -0.963. The molecule has 20 heavy (non-hydrogen) atoms. The predicted octanol–water partition coefficient (Wildman–Crippen LogP) is 1.41. The monoisotopic (exact) mass is 317 g/mol. The number of hydrogen-bond donors (Lipinski definition) is 1. The third-order valence-corrected chi connectivity index (χ3v) is 6.26. The molecule has 0 aromatic carbocycles. The van der Waals surface area contributed by atoms with Gasteiger partial charge in [0.25, 0.3) is 0 Å². The Morgan fingerprint density at radius 2 is 2.10 bits per heavy atom. The predicted molar refractivity (Wildman–Crippen MR) is 80.6 cm³/mol. The Morgan fingerprint density at radius 1 is 1.45 bits per heavy atom. The highest BCUT2D eigenvalue weighted by molar-refractivity contribution is 8.01. The first kappa shape index (κ1) is 15.8. The molecule has 2 heterocycles. The summed E-state index contributed by atoms with van der Waals surface area (Å²) in [5, 5.41) is 9.15. The van der Waals surface area contributed by atoms with Crippen LogP contribution in [0, 0.1) is 5.92 Å². The molecule has 0 saturated carbocycles. The molecule has 1 amide bonds. The number of Topliss-reactive ketones (excluding diaryl/α,β-unsaturated/α-hetero) is 1. The fourth-order valence-electron chi connectivity index (χ4n) is 2.89. The Morgan fingerprint density at radius 3 is 2.65 bits per heavy atom. The molecule has 2 saturated heterocycles. The fraction of sp³-hybridized carbons (Fsp3) is 0.769. The Labute approximate surface area is 124 Å². The van der Waals surface area contributed by atoms with Crippen LogP contribution in [0.4, 0.5) is 0 Å². The van der Waals surface area contributed by atoms with Gasteiger partial charge < -0.3 is 10.0 Å². The normalized spacial score (nSPS) is 31.4. The number of carboxylic acid groups (broad SMARTS) is 1. The number of nitrogens with zero attached hydrogens (tertiary/aromatic N) is 1. The highest BCUT2D eigenvalue weighted by Gasteiger charge is 2.63. The number of thioether (sulfide) groups is 1. The number of β-lactam (4-membered cyclic amide) rings is 1. The molecule has 1 N–H and O–H groups in total. The van der Waals surface area contributed by atoms with Crippen LogP contribution in [0.2, 0.25) is 0 Å². The first-order valence-electron chi connectivity index (χ1n) is 6.68. The van der Waals surface area contributed by atoms with E-state index in [0.717, 1.165) is 14.7 Å². The highest BCUT2D eigenvalue weighted by Crippen LogP contribution is 2.54. The highest BCUT2D eigenvalue weighted by atomic mass is 32.2. The number of amides is 1. The van der Waals surface area contributed by atoms with Crippen LogP contribution >= 0.6 is 20.3 Å². The molecule has 0 radical (unpaired) electrons. The number of carbonyl (C=O) groups excluding carboxylic acids is 2. The molecule has 2 aliphatic rings. The van der Waals surface area contributed by atoms with Gasteiger partial charge in [-0.2, -0.15) is 0 Å². The van der Waals surface area contributed by atoms with Gasteiger partial charge in [0.15, 0.2) is 0 Å². The van der Waals surface area contributed by atoms with Gasteiger partial charge in [-0.05, 0) is 26.7 Å². The molecular formula is C13H20NO4PS. The van der Waals surface area contributed by atoms with Crippen LogP contribution in [0.15, 0.2) is 0 Å². The van der Waals surface area contributed by atoms with E-state index in [1.807, 2.05) is 13.8 Å². The van der Waals surface area contributed by atoms with Gasteiger partial charge in [0.1, 0.15) is 11.8 Å². The first-order chi connectivity index (χ1) is 9.29. The maximum Gasteiger partial charge on any atom is 0.327 e. The number of carboxylic acids is 1. The number of hydrogen-bond acceptors (Lipinski definition) is 4. The van der Waals surface area contributed by atoms with Crippen LogP contribution in [0.5, 0.6) is 0 Å². The summed E-state index contributed by atoms with van der Waals surface area (Å²) in [6, 6.07) is -0.784. The largest absolute Gasteiger partial charge is 0.480 e. The summed E-state index contributed by atoms with van der Waals surface area (Å²) in [6.45, 7) is 5.74. The van der Waals surface area contributed by atoms with Gasteiger partial charge in [-0.15, -0.1) is 20.3 Å². The van der Waals surface area contributed by atoms with Crippen molar-refractivity contribution in [2.75, 3.05) is 12.8 Å². The molecule has 0 aromatic rings. The summed E-state index contributed by atoms with van der Waals surface area (Å²) in [4.78, 5) is 36.8. The van der Waals surface area contributed by atoms with Gasteiger partial charge in [0, 0.05) is 17.6 Å². The fourth-order valence-corrected chi connectivity index (χ4v) is 5.10. The van der Waals surface area contributed by atoms with Crippen molar-refractivity contribution in [2.24, 2.45) is 5.92 Å². The first-order valence-corrected chi connectivity index (χ1v) is 9.27. The van der Waals surface area contributed by atoms with Gasteiger partial charge in [0.05, 0.1) is 11.3 Å². The smallest absolute Gasteiger partial charge is 0.327 e. The molecule has 2 rings (SSSR count). The second kappa shape index (κ2) is 5.64. The van der Waals surface area contributed by atoms with Crippen molar-refractivity contribution in [1.82, 2.24) is 4.90 Å². The second-order valence-electron chi connectivity index (χ2n) is 5.80. The van der Waals surface area contributed by atoms with Crippen molar-refractivity contribution in [3.8, 4) is 0 Å². The van der Waals surface area contributed by atoms with Crippen LogP contribution in [0.1, 0.15) is 26.7 Å². The van der Waals surface area contributed by atoms with E-state index in [9.17, 15) is 19.5 Å². The van der Waals surface area contributed by atoms with Gasteiger partial charge in [-0.1, -0.05) is 0 Å². The van der Waals surface area contributed by atoms with Gasteiger partial charge in [-0.3, -0.25) is 9.59 Å². The van der Waals surface area contributed by atoms with E-state index in [1.165, 1.54) is 16.7 Å². The second-order valence-corrected chi connectivity index (χ2v) is 8.78. The number of aliphatic carboxylic acids is 1. The molecule has 4 unspecified atom stereocenters. The lowest BCUT2D eigenvalue weighted by atomic mass is 9.88. The van der Waals surface area contributed by atoms with Crippen molar-refractivity contribution in [2.45, 2.75) is 42.9 Å². The maximum absolute atomic E-state index is 12.2. The number of rotatable bonds is 6. The lowest BCUT2D eigenvalue weighted by Crippen LogP contribution is -2.62. The standard InChI is InChI=1S/C13H20NO4PS/c1-13(2)9(12(17)18)14-10(16)8(11(14)20-13)6-7(15)4-5-19-3/h8-9,11,19H,4-6H2,1-3H3,(H,17,18). The zero-order chi connectivity index (χ0) is 15.1. The minimum absolute atomic E-state index is 0.120. The third kappa shape index (κ3) is 2.60. The van der Waals surface area contributed by atoms with Crippen molar-refractivity contribution in [3.63, 3.8) is 0 Å². The third-order valence-electron chi connectivity index (χ3n) is 3.89. The topological polar surface area (TPSA) is 74.7 Å². The lowest BCUT2D eigenvalue weighted by molar-refractivity contribution is -0.164. The van der Waals surface area contributed by atoms with E-state index in [-0.39, 0.29) is 29.4 Å². The molecule has 7 heteroatoms. The maximum atomic E-state index is 12.2. The van der Waals surface area contributed by atoms with E-state index in [4.69, 9.17) is 0 Å².